The van der Waals surface area contributed by atoms with Crippen LogP contribution in [-0.2, 0) is 6.42 Å². The van der Waals surface area contributed by atoms with Gasteiger partial charge in [-0.3, -0.25) is 0 Å². The topological polar surface area (TPSA) is 170 Å². The first-order valence-corrected chi connectivity index (χ1v) is 41.3. The summed E-state index contributed by atoms with van der Waals surface area (Å²) < 4.78 is 0. The summed E-state index contributed by atoms with van der Waals surface area (Å²) in [6, 6.07) is 125. The first-order valence-electron chi connectivity index (χ1n) is 41.3. The number of anilines is 1. The molecule has 0 saturated heterocycles. The molecule has 120 heavy (non-hydrogen) atoms. The molecular weight excluding hydrogens is 1460 g/mol. The highest BCUT2D eigenvalue weighted by molar-refractivity contribution is 6.29. The Hall–Kier alpha value is -16.0. The minimum Gasteiger partial charge on any atom is -0.377 e. The Balaban J connectivity index is 0.0000000798. The lowest BCUT2D eigenvalue weighted by molar-refractivity contribution is 0.731. The van der Waals surface area contributed by atoms with Gasteiger partial charge in [0.1, 0.15) is 0 Å². The van der Waals surface area contributed by atoms with Crippen molar-refractivity contribution in [1.29, 1.82) is 0 Å². The van der Waals surface area contributed by atoms with Gasteiger partial charge in [0.15, 0.2) is 0 Å². The van der Waals surface area contributed by atoms with E-state index in [4.69, 9.17) is 0 Å². The summed E-state index contributed by atoms with van der Waals surface area (Å²) in [5.41, 5.74) is 33.8. The van der Waals surface area contributed by atoms with Crippen LogP contribution in [0.15, 0.2) is 358 Å². The van der Waals surface area contributed by atoms with Gasteiger partial charge in [0.2, 0.25) is 0 Å². The van der Waals surface area contributed by atoms with Crippen molar-refractivity contribution < 1.29 is 0 Å². The summed E-state index contributed by atoms with van der Waals surface area (Å²) in [7, 11) is 0. The average Bonchev–Trinajstić information content (AvgIpc) is 1.57. The maximum Gasteiger partial charge on any atom is 0.0710 e. The molecule has 27 aromatic rings. The van der Waals surface area contributed by atoms with E-state index in [9.17, 15) is 0 Å². The van der Waals surface area contributed by atoms with Crippen LogP contribution in [-0.4, -0.2) is 49.8 Å². The van der Waals surface area contributed by atoms with Crippen molar-refractivity contribution in [2.24, 2.45) is 0 Å². The molecule has 3 aliphatic rings. The maximum absolute atomic E-state index is 3.70. The number of nitrogens with one attached hydrogen (secondary N) is 11. The van der Waals surface area contributed by atoms with Crippen LogP contribution >= 0.6 is 0 Å². The third-order valence-corrected chi connectivity index (χ3v) is 25.5. The van der Waals surface area contributed by atoms with Crippen molar-refractivity contribution in [2.75, 3.05) is 5.32 Å². The number of para-hydroxylation sites is 11. The van der Waals surface area contributed by atoms with Gasteiger partial charge in [0.25, 0.3) is 0 Å². The van der Waals surface area contributed by atoms with E-state index in [1.54, 1.807) is 0 Å². The second kappa shape index (κ2) is 26.8. The summed E-state index contributed by atoms with van der Waals surface area (Å²) in [5.74, 6) is 0.443. The zero-order valence-corrected chi connectivity index (χ0v) is 65.0. The number of benzene rings is 17. The summed E-state index contributed by atoms with van der Waals surface area (Å²) >= 11 is 0. The third-order valence-electron chi connectivity index (χ3n) is 25.5. The Labute approximate surface area is 685 Å². The zero-order chi connectivity index (χ0) is 78.6. The molecule has 2 aliphatic carbocycles. The fourth-order valence-electron chi connectivity index (χ4n) is 20.1. The molecule has 17 aromatic carbocycles. The van der Waals surface area contributed by atoms with Gasteiger partial charge in [-0.1, -0.05) is 249 Å². The maximum atomic E-state index is 3.70. The van der Waals surface area contributed by atoms with Gasteiger partial charge in [0, 0.05) is 213 Å². The summed E-state index contributed by atoms with van der Waals surface area (Å²) in [6.07, 6.45) is 5.61. The number of aromatic nitrogens is 10. The lowest BCUT2D eigenvalue weighted by Gasteiger charge is -2.22. The van der Waals surface area contributed by atoms with Crippen LogP contribution in [0.4, 0.5) is 5.69 Å². The fraction of sp³-hybridized carbons (Fsp3) is 0.0275. The Morgan fingerprint density at radius 2 is 0.558 bits per heavy atom. The van der Waals surface area contributed by atoms with Crippen LogP contribution in [0.5, 0.6) is 0 Å². The second-order valence-corrected chi connectivity index (χ2v) is 32.2. The summed E-state index contributed by atoms with van der Waals surface area (Å²) in [4.78, 5) is 35.3. The van der Waals surface area contributed by atoms with E-state index in [0.717, 1.165) is 6.42 Å². The molecule has 0 saturated carbocycles. The molecule has 11 heteroatoms. The number of hydrogen-bond donors (Lipinski definition) is 11. The van der Waals surface area contributed by atoms with Crippen LogP contribution in [0, 0.1) is 0 Å². The number of fused-ring (bicyclic) bond motifs is 40. The summed E-state index contributed by atoms with van der Waals surface area (Å²) in [6.45, 7) is 0. The lowest BCUT2D eigenvalue weighted by Crippen LogP contribution is -2.13. The van der Waals surface area contributed by atoms with Gasteiger partial charge in [-0.15, -0.1) is 0 Å². The van der Waals surface area contributed by atoms with Crippen molar-refractivity contribution in [3.8, 4) is 11.1 Å². The second-order valence-electron chi connectivity index (χ2n) is 32.2. The monoisotopic (exact) mass is 1540 g/mol. The number of aromatic amines is 10. The van der Waals surface area contributed by atoms with E-state index in [1.165, 1.54) is 252 Å². The molecule has 0 radical (unpaired) electrons. The molecule has 10 aromatic heterocycles. The normalized spacial score (nSPS) is 13.8. The molecule has 0 bridgehead atoms. The minimum absolute atomic E-state index is 0.351. The van der Waals surface area contributed by atoms with Gasteiger partial charge in [-0.25, -0.2) is 0 Å². The van der Waals surface area contributed by atoms with E-state index in [1.807, 2.05) is 0 Å². The average molecular weight is 1540 g/mol. The molecule has 30 rings (SSSR count). The molecule has 11 N–H and O–H groups in total. The molecule has 11 nitrogen and oxygen atoms in total. The van der Waals surface area contributed by atoms with Crippen LogP contribution in [0.2, 0.25) is 0 Å². The number of hydrogen-bond acceptors (Lipinski definition) is 1. The van der Waals surface area contributed by atoms with Gasteiger partial charge in [-0.05, 0) is 150 Å². The Bertz CT molecular complexity index is 8570. The predicted molar refractivity (Wildman–Crippen MR) is 508 cm³/mol. The van der Waals surface area contributed by atoms with E-state index < -0.39 is 0 Å². The zero-order valence-electron chi connectivity index (χ0n) is 65.0. The van der Waals surface area contributed by atoms with Crippen molar-refractivity contribution in [1.82, 2.24) is 49.8 Å². The molecule has 0 spiro atoms. The largest absolute Gasteiger partial charge is 0.377 e. The molecule has 2 unspecified atom stereocenters. The standard InChI is InChI=1S/C19H13N.C18H12N2.C18H14N2.3C18H12N2/c1-2-6-14-12(5-1)9-13-10-17-15-7-3-4-8-18(15)20-19(17)11-16(13)14;1-3-7-15-11(5-1)13-9-14-12-6-2-4-8-16(12)20-18(14)10-17(13)19-15;2*1-3-7-14-11(5-1)12-9-10-16-17(18(12)20-14)13-6-2-4-8-15(13)19-16;1-3-7-15-11(5-1)13-9-10-14-12-6-2-4-8-16(12)20-18(14)17(13)19-15;1-3-7-13-11(5-1)17-15(19-13)9-10-16-18(17)12-6-2-4-8-14(12)20-16/h1-8,10-11,20H,9H2;1-10,19-20H;1-10,12,18-20H;3*1-10,19-20H. The van der Waals surface area contributed by atoms with Crippen molar-refractivity contribution in [3.63, 3.8) is 0 Å². The van der Waals surface area contributed by atoms with E-state index in [-0.39, 0.29) is 0 Å². The highest BCUT2D eigenvalue weighted by atomic mass is 15.0. The number of H-pyrrole nitrogens is 10. The molecule has 0 amide bonds. The highest BCUT2D eigenvalue weighted by Gasteiger charge is 2.36. The minimum atomic E-state index is 0.351. The van der Waals surface area contributed by atoms with Gasteiger partial charge >= 0.3 is 0 Å². The Kier molecular flexibility index (Phi) is 15.0. The van der Waals surface area contributed by atoms with Gasteiger partial charge in [0.05, 0.1) is 22.6 Å². The smallest absolute Gasteiger partial charge is 0.0710 e. The fourth-order valence-corrected chi connectivity index (χ4v) is 20.1. The molecule has 1 aliphatic heterocycles. The molecule has 0 fully saturated rings. The van der Waals surface area contributed by atoms with Crippen molar-refractivity contribution >= 4 is 219 Å². The Morgan fingerprint density at radius 1 is 0.208 bits per heavy atom. The van der Waals surface area contributed by atoms with Crippen LogP contribution in [0.3, 0.4) is 0 Å². The summed E-state index contributed by atoms with van der Waals surface area (Å²) in [5, 5.41) is 28.3. The lowest BCUT2D eigenvalue weighted by atomic mass is 9.85. The van der Waals surface area contributed by atoms with E-state index >= 15 is 0 Å². The molecule has 566 valence electrons. The SMILES string of the molecule is C1=CC2c3ccccc3NC2c2c1[nH]c1ccccc21.c1ccc2c(c1)Cc1cc3c(cc1-2)[nH]c1ccccc13.c1ccc2c(c1)[nH]c1c2ccc2[nH]c3ccccc3c21.c1ccc2c(c1)[nH]c1c2ccc2c3ccccc3[nH]c21.c1ccc2c(c1)[nH]c1cc3[nH]c4ccccc4c3cc12.c1ccc2c(c1)[nH]c1ccc3[nH]c4ccccc4c3c12. The predicted octanol–water partition coefficient (Wildman–Crippen LogP) is 29.2. The highest BCUT2D eigenvalue weighted by Crippen LogP contribution is 2.51. The molecule has 11 heterocycles. The molecule has 2 atom stereocenters. The van der Waals surface area contributed by atoms with Crippen LogP contribution in [0.1, 0.15) is 39.9 Å². The van der Waals surface area contributed by atoms with Crippen LogP contribution < -0.4 is 5.32 Å². The third kappa shape index (κ3) is 10.7. The van der Waals surface area contributed by atoms with Gasteiger partial charge < -0.3 is 55.2 Å². The Morgan fingerprint density at radius 3 is 1.07 bits per heavy atom. The molecular formula is C109H75N11. The first-order chi connectivity index (χ1) is 59.5. The first kappa shape index (κ1) is 67.4. The van der Waals surface area contributed by atoms with E-state index in [2.05, 4.69) is 419 Å². The van der Waals surface area contributed by atoms with Crippen molar-refractivity contribution in [3.05, 3.63) is 386 Å². The van der Waals surface area contributed by atoms with Gasteiger partial charge in [-0.2, -0.15) is 0 Å². The van der Waals surface area contributed by atoms with Crippen molar-refractivity contribution in [2.45, 2.75) is 18.4 Å². The van der Waals surface area contributed by atoms with Crippen LogP contribution in [0.25, 0.3) is 224 Å². The van der Waals surface area contributed by atoms with E-state index in [0.29, 0.717) is 12.0 Å². The quantitative estimate of drug-likeness (QED) is 0.0715. The number of rotatable bonds is 0.